The van der Waals surface area contributed by atoms with Gasteiger partial charge in [0.2, 0.25) is 0 Å². The molecular formula is C44H50F10O8S6. The van der Waals surface area contributed by atoms with Gasteiger partial charge in [-0.15, -0.1) is 0 Å². The average Bonchev–Trinajstić information content (AvgIpc) is 3.24. The maximum atomic E-state index is 14.6. The first-order valence-electron chi connectivity index (χ1n) is 20.4. The van der Waals surface area contributed by atoms with Gasteiger partial charge in [-0.25, -0.2) is 30.8 Å². The fraction of sp³-hybridized carbons (Fsp3) is 0.409. The van der Waals surface area contributed by atoms with E-state index >= 15 is 0 Å². The van der Waals surface area contributed by atoms with Crippen molar-refractivity contribution in [3.05, 3.63) is 118 Å². The smallest absolute Gasteiger partial charge is 0.522 e. The number of carboxylic acid groups (broad SMARTS) is 1. The van der Waals surface area contributed by atoms with E-state index in [1.807, 2.05) is 24.3 Å². The summed E-state index contributed by atoms with van der Waals surface area (Å²) in [4.78, 5) is 10.8. The van der Waals surface area contributed by atoms with Crippen LogP contribution in [0, 0.1) is 23.3 Å². The maximum absolute atomic E-state index is 14.6. The molecule has 4 aromatic carbocycles. The highest BCUT2D eigenvalue weighted by atomic mass is 32.2. The van der Waals surface area contributed by atoms with Gasteiger partial charge in [-0.2, -0.15) is 60.0 Å². The van der Waals surface area contributed by atoms with E-state index in [-0.39, 0.29) is 5.56 Å². The topological polar surface area (TPSA) is 149 Å². The first-order chi connectivity index (χ1) is 31.6. The molecule has 1 aliphatic rings. The highest BCUT2D eigenvalue weighted by molar-refractivity contribution is 8.23. The molecule has 8 nitrogen and oxygen atoms in total. The van der Waals surface area contributed by atoms with Gasteiger partial charge in [-0.1, -0.05) is 99.8 Å². The molecule has 0 radical (unpaired) electrons. The highest BCUT2D eigenvalue weighted by Gasteiger charge is 2.44. The van der Waals surface area contributed by atoms with Gasteiger partial charge in [-0.3, -0.25) is 4.55 Å². The molecule has 0 bridgehead atoms. The number of rotatable bonds is 14. The molecular weight excluding hydrogens is 1040 g/mol. The fourth-order valence-electron chi connectivity index (χ4n) is 5.41. The van der Waals surface area contributed by atoms with Gasteiger partial charge in [0.25, 0.3) is 4.20 Å². The zero-order valence-corrected chi connectivity index (χ0v) is 41.5. The second-order valence-corrected chi connectivity index (χ2v) is 20.3. The zero-order chi connectivity index (χ0) is 51.9. The summed E-state index contributed by atoms with van der Waals surface area (Å²) in [6.45, 7) is 4.34. The maximum Gasteiger partial charge on any atom is 0.522 e. The Morgan fingerprint density at radius 3 is 1.29 bits per heavy atom. The third-order valence-corrected chi connectivity index (χ3v) is 13.3. The van der Waals surface area contributed by atoms with Crippen molar-refractivity contribution in [3.8, 4) is 22.3 Å². The van der Waals surface area contributed by atoms with E-state index in [0.29, 0.717) is 16.7 Å². The molecule has 0 fully saturated rings. The van der Waals surface area contributed by atoms with E-state index in [4.69, 9.17) is 31.0 Å². The van der Waals surface area contributed by atoms with Crippen LogP contribution in [0.1, 0.15) is 92.3 Å². The number of thioether (sulfide) groups is 1. The molecule has 0 saturated heterocycles. The van der Waals surface area contributed by atoms with Crippen molar-refractivity contribution < 1.29 is 79.7 Å². The molecule has 0 saturated carbocycles. The molecule has 0 unspecified atom stereocenters. The minimum absolute atomic E-state index is 0.148. The van der Waals surface area contributed by atoms with E-state index < -0.39 is 66.1 Å². The minimum Gasteiger partial charge on any atom is -0.741 e. The van der Waals surface area contributed by atoms with Crippen LogP contribution in [0.3, 0.4) is 0 Å². The first kappa shape index (κ1) is 62.6. The Labute approximate surface area is 409 Å². The Morgan fingerprint density at radius 1 is 0.662 bits per heavy atom. The first-order valence-corrected chi connectivity index (χ1v) is 26.5. The van der Waals surface area contributed by atoms with E-state index in [2.05, 4.69) is 51.2 Å². The van der Waals surface area contributed by atoms with Gasteiger partial charge in [-0.05, 0) is 101 Å². The largest absolute Gasteiger partial charge is 0.741 e. The predicted octanol–water partition coefficient (Wildman–Crippen LogP) is 12.8. The molecule has 0 atom stereocenters. The number of carboxylic acids is 1. The van der Waals surface area contributed by atoms with Gasteiger partial charge in [0, 0.05) is 12.2 Å². The molecule has 0 spiro atoms. The normalized spacial score (nSPS) is 12.7. The summed E-state index contributed by atoms with van der Waals surface area (Å²) < 4.78 is 174. The van der Waals surface area contributed by atoms with Gasteiger partial charge < -0.3 is 9.66 Å². The fourth-order valence-corrected chi connectivity index (χ4v) is 8.62. The molecule has 68 heavy (non-hydrogen) atoms. The second kappa shape index (κ2) is 30.4. The number of unbranched alkanes of at least 4 members (excludes halogenated alkanes) is 4. The van der Waals surface area contributed by atoms with Crippen LogP contribution in [0.25, 0.3) is 22.3 Å². The summed E-state index contributed by atoms with van der Waals surface area (Å²) in [5, 5.41) is 8.77. The molecule has 4 aromatic rings. The highest BCUT2D eigenvalue weighted by Crippen LogP contribution is 2.30. The summed E-state index contributed by atoms with van der Waals surface area (Å²) >= 11 is 11.0. The number of hydrogen-bond acceptors (Lipinski definition) is 9. The van der Waals surface area contributed by atoms with Crippen LogP contribution >= 0.6 is 37.0 Å². The Kier molecular flexibility index (Phi) is 28.0. The van der Waals surface area contributed by atoms with Crippen molar-refractivity contribution in [2.45, 2.75) is 89.1 Å². The molecule has 0 aliphatic carbocycles. The SMILES string of the molecule is CCCCCc1ccc(-c2cc(F)c(C(=O)O)c(F)c2)cc1.CCCCCc1ccc(-c2cc(F)c(C3=[S+]CCCS3)c(F)c2)cc1.O=S(=O)(O)C(F)(F)F.O=S(=O)([O-])C(F)(F)F.SCCCS. The molecule has 0 aromatic heterocycles. The molecule has 2 N–H and O–H groups in total. The Balaban J connectivity index is 0.000000484. The van der Waals surface area contributed by atoms with Crippen LogP contribution in [0.5, 0.6) is 0 Å². The van der Waals surface area contributed by atoms with Crippen LogP contribution in [0.2, 0.25) is 0 Å². The standard InChI is InChI=1S/C21H23F2S2.C18H18F2O2.C3H8S2.2CHF3O3S/c1-2-3-4-6-15-7-9-16(10-8-15)17-13-18(22)20(19(23)14-17)21-24-11-5-12-25-21;1-2-3-4-5-12-6-8-13(9-7-12)14-10-15(19)17(18(21)22)16(20)11-14;4-2-1-3-5;2*2-1(3,4)8(5,6)7/h7-10,13-14H,2-6,11-12H2,1H3;6-11H,2-5H2,1H3,(H,21,22);4-5H,1-3H2;2*(H,5,6,7)/q+1;;;;/p-1. The monoisotopic (exact) mass is 1090 g/mol. The molecule has 1 aliphatic heterocycles. The lowest BCUT2D eigenvalue weighted by Gasteiger charge is -2.09. The van der Waals surface area contributed by atoms with E-state index in [1.54, 1.807) is 35.2 Å². The lowest BCUT2D eigenvalue weighted by molar-refractivity contribution is -0.0519. The predicted molar refractivity (Wildman–Crippen MR) is 256 cm³/mol. The van der Waals surface area contributed by atoms with Crippen molar-refractivity contribution in [1.29, 1.82) is 0 Å². The molecule has 380 valence electrons. The Bertz CT molecular complexity index is 2340. The number of aryl methyl sites for hydroxylation is 2. The number of thiol groups is 2. The summed E-state index contributed by atoms with van der Waals surface area (Å²) in [5.41, 5.74) is -7.04. The number of benzene rings is 4. The van der Waals surface area contributed by atoms with Crippen LogP contribution in [0.15, 0.2) is 72.8 Å². The number of hydrogen-bond donors (Lipinski definition) is 4. The van der Waals surface area contributed by atoms with E-state index in [9.17, 15) is 48.7 Å². The summed E-state index contributed by atoms with van der Waals surface area (Å²) in [6.07, 6.45) is 11.3. The average molecular weight is 1090 g/mol. The van der Waals surface area contributed by atoms with Crippen molar-refractivity contribution in [1.82, 2.24) is 0 Å². The number of aromatic carboxylic acids is 1. The van der Waals surface area contributed by atoms with Crippen molar-refractivity contribution in [2.75, 3.05) is 23.0 Å². The molecule has 24 heteroatoms. The van der Waals surface area contributed by atoms with Gasteiger partial charge >= 0.3 is 27.1 Å². The quantitative estimate of drug-likeness (QED) is 0.0184. The zero-order valence-electron chi connectivity index (χ0n) is 36.5. The lowest BCUT2D eigenvalue weighted by Crippen LogP contribution is -2.21. The number of alkyl halides is 6. The number of halogens is 10. The van der Waals surface area contributed by atoms with E-state index in [0.717, 1.165) is 83.4 Å². The molecule has 1 heterocycles. The van der Waals surface area contributed by atoms with E-state index in [1.165, 1.54) is 48.9 Å². The van der Waals surface area contributed by atoms with Crippen molar-refractivity contribution in [2.24, 2.45) is 0 Å². The summed E-state index contributed by atoms with van der Waals surface area (Å²) in [6, 6.07) is 20.6. The lowest BCUT2D eigenvalue weighted by atomic mass is 10.00. The van der Waals surface area contributed by atoms with Crippen LogP contribution in [-0.2, 0) is 44.4 Å². The van der Waals surface area contributed by atoms with Crippen molar-refractivity contribution in [3.63, 3.8) is 0 Å². The Morgan fingerprint density at radius 2 is 1.03 bits per heavy atom. The van der Waals surface area contributed by atoms with Crippen LogP contribution in [0.4, 0.5) is 43.9 Å². The summed E-state index contributed by atoms with van der Waals surface area (Å²) in [7, 11) is -11.9. The summed E-state index contributed by atoms with van der Waals surface area (Å²) in [5.74, 6) is -0.854. The van der Waals surface area contributed by atoms with Crippen LogP contribution in [-0.4, -0.2) is 75.2 Å². The Hall–Kier alpha value is -3.39. The third-order valence-electron chi connectivity index (χ3n) is 8.86. The minimum atomic E-state index is -6.09. The van der Waals surface area contributed by atoms with Crippen LogP contribution < -0.4 is 0 Å². The van der Waals surface area contributed by atoms with Crippen molar-refractivity contribution >= 4 is 78.8 Å². The van der Waals surface area contributed by atoms with Gasteiger partial charge in [0.1, 0.15) is 34.4 Å². The third kappa shape index (κ3) is 22.6. The second-order valence-electron chi connectivity index (χ2n) is 14.2. The number of carbonyl (C=O) groups is 1. The van der Waals surface area contributed by atoms with Gasteiger partial charge in [0.15, 0.2) is 27.2 Å². The molecule has 0 amide bonds. The van der Waals surface area contributed by atoms with Gasteiger partial charge in [0.05, 0.1) is 0 Å². The molecule has 5 rings (SSSR count).